The van der Waals surface area contributed by atoms with Crippen LogP contribution in [0, 0.1) is 11.8 Å². The van der Waals surface area contributed by atoms with Gasteiger partial charge in [0.1, 0.15) is 0 Å². The summed E-state index contributed by atoms with van der Waals surface area (Å²) in [7, 11) is 0. The second kappa shape index (κ2) is 2.24. The highest BCUT2D eigenvalue weighted by Gasteiger charge is 2.54. The molecule has 4 atom stereocenters. The van der Waals surface area contributed by atoms with Gasteiger partial charge in [0.25, 0.3) is 0 Å². The zero-order valence-corrected chi connectivity index (χ0v) is 7.88. The van der Waals surface area contributed by atoms with Gasteiger partial charge in [-0.1, -0.05) is 6.92 Å². The van der Waals surface area contributed by atoms with E-state index in [-0.39, 0.29) is 0 Å². The lowest BCUT2D eigenvalue weighted by atomic mass is 9.94. The van der Waals surface area contributed by atoms with Gasteiger partial charge < -0.3 is 10.2 Å². The molecule has 0 spiro atoms. The molecular weight excluding hydrogens is 152 g/mol. The molecule has 0 heterocycles. The maximum atomic E-state index is 10.2. The minimum atomic E-state index is -0.612. The van der Waals surface area contributed by atoms with Crippen molar-refractivity contribution in [3.8, 4) is 0 Å². The summed E-state index contributed by atoms with van der Waals surface area (Å²) in [6.07, 6.45) is 3.34. The topological polar surface area (TPSA) is 40.5 Å². The van der Waals surface area contributed by atoms with Crippen LogP contribution < -0.4 is 0 Å². The minimum Gasteiger partial charge on any atom is -0.390 e. The van der Waals surface area contributed by atoms with E-state index in [4.69, 9.17) is 0 Å². The van der Waals surface area contributed by atoms with E-state index in [1.807, 2.05) is 6.92 Å². The Bertz CT molecular complexity index is 200. The second-order valence-electron chi connectivity index (χ2n) is 5.22. The van der Waals surface area contributed by atoms with Crippen LogP contribution >= 0.6 is 0 Å². The Morgan fingerprint density at radius 2 is 1.92 bits per heavy atom. The van der Waals surface area contributed by atoms with E-state index in [9.17, 15) is 10.2 Å². The van der Waals surface area contributed by atoms with Crippen molar-refractivity contribution in [2.45, 2.75) is 50.7 Å². The third kappa shape index (κ3) is 1.17. The van der Waals surface area contributed by atoms with Gasteiger partial charge in [0.05, 0.1) is 11.2 Å². The predicted octanol–water partition coefficient (Wildman–Crippen LogP) is 1.31. The van der Waals surface area contributed by atoms with Gasteiger partial charge >= 0.3 is 0 Å². The number of hydrogen-bond donors (Lipinski definition) is 2. The molecule has 70 valence electrons. The fourth-order valence-electron chi connectivity index (χ4n) is 3.31. The highest BCUT2D eigenvalue weighted by Crippen LogP contribution is 2.53. The van der Waals surface area contributed by atoms with E-state index in [0.717, 1.165) is 19.3 Å². The molecule has 2 rings (SSSR count). The van der Waals surface area contributed by atoms with Crippen molar-refractivity contribution < 1.29 is 10.2 Å². The molecule has 2 saturated carbocycles. The number of fused-ring (bicyclic) bond motifs is 1. The van der Waals surface area contributed by atoms with Gasteiger partial charge in [-0.2, -0.15) is 0 Å². The highest BCUT2D eigenvalue weighted by molar-refractivity contribution is 5.06. The average molecular weight is 170 g/mol. The highest BCUT2D eigenvalue weighted by atomic mass is 16.3. The van der Waals surface area contributed by atoms with Gasteiger partial charge in [-0.3, -0.25) is 0 Å². The molecule has 0 amide bonds. The van der Waals surface area contributed by atoms with Crippen LogP contribution in [0.25, 0.3) is 0 Å². The Balaban J connectivity index is 2.17. The van der Waals surface area contributed by atoms with Crippen molar-refractivity contribution in [2.24, 2.45) is 11.8 Å². The summed E-state index contributed by atoms with van der Waals surface area (Å²) >= 11 is 0. The maximum Gasteiger partial charge on any atom is 0.0706 e. The smallest absolute Gasteiger partial charge is 0.0706 e. The summed E-state index contributed by atoms with van der Waals surface area (Å²) < 4.78 is 0. The number of rotatable bonds is 0. The molecule has 0 aliphatic heterocycles. The lowest BCUT2D eigenvalue weighted by Gasteiger charge is -2.23. The minimum absolute atomic E-state index is 0.350. The Morgan fingerprint density at radius 3 is 2.50 bits per heavy atom. The Kier molecular flexibility index (Phi) is 1.59. The van der Waals surface area contributed by atoms with E-state index in [2.05, 4.69) is 6.92 Å². The van der Waals surface area contributed by atoms with Gasteiger partial charge in [-0.25, -0.2) is 0 Å². The fourth-order valence-corrected chi connectivity index (χ4v) is 3.31. The molecule has 2 fully saturated rings. The first-order chi connectivity index (χ1) is 5.41. The summed E-state index contributed by atoms with van der Waals surface area (Å²) in [6, 6.07) is 0. The fraction of sp³-hybridized carbons (Fsp3) is 1.00. The van der Waals surface area contributed by atoms with Crippen molar-refractivity contribution in [3.63, 3.8) is 0 Å². The second-order valence-corrected chi connectivity index (χ2v) is 5.22. The molecule has 0 saturated heterocycles. The van der Waals surface area contributed by atoms with E-state index in [1.165, 1.54) is 0 Å². The molecule has 0 aromatic rings. The van der Waals surface area contributed by atoms with E-state index in [1.54, 1.807) is 0 Å². The van der Waals surface area contributed by atoms with Crippen LogP contribution in [0.3, 0.4) is 0 Å². The Labute approximate surface area is 73.6 Å². The maximum absolute atomic E-state index is 10.2. The van der Waals surface area contributed by atoms with Crippen LogP contribution in [0.5, 0.6) is 0 Å². The van der Waals surface area contributed by atoms with Crippen LogP contribution in [0.15, 0.2) is 0 Å². The summed E-state index contributed by atoms with van der Waals surface area (Å²) in [6.45, 7) is 4.03. The van der Waals surface area contributed by atoms with Gasteiger partial charge in [0, 0.05) is 6.42 Å². The average Bonchev–Trinajstić information content (AvgIpc) is 2.11. The first-order valence-electron chi connectivity index (χ1n) is 4.86. The summed E-state index contributed by atoms with van der Waals surface area (Å²) in [5.41, 5.74) is -1.15. The third-order valence-electron chi connectivity index (χ3n) is 3.52. The van der Waals surface area contributed by atoms with E-state index >= 15 is 0 Å². The first-order valence-corrected chi connectivity index (χ1v) is 4.86. The molecule has 12 heavy (non-hydrogen) atoms. The van der Waals surface area contributed by atoms with Crippen LogP contribution in [0.4, 0.5) is 0 Å². The molecule has 2 heteroatoms. The lowest BCUT2D eigenvalue weighted by Crippen LogP contribution is -2.30. The van der Waals surface area contributed by atoms with E-state index < -0.39 is 11.2 Å². The molecule has 0 radical (unpaired) electrons. The van der Waals surface area contributed by atoms with E-state index in [0.29, 0.717) is 18.3 Å². The van der Waals surface area contributed by atoms with Crippen LogP contribution in [0.2, 0.25) is 0 Å². The normalized spacial score (nSPS) is 59.0. The van der Waals surface area contributed by atoms with Gasteiger partial charge in [0.2, 0.25) is 0 Å². The Morgan fingerprint density at radius 1 is 1.25 bits per heavy atom. The van der Waals surface area contributed by atoms with Gasteiger partial charge in [-0.15, -0.1) is 0 Å². The standard InChI is InChI=1S/C10H18O2/c1-7-3-8-5-9(2,11)6-10(8,12)4-7/h7-8,11-12H,3-6H2,1-2H3/t7?,8-,9-,10-/m1/s1. The monoisotopic (exact) mass is 170 g/mol. The molecule has 2 aliphatic rings. The van der Waals surface area contributed by atoms with Crippen molar-refractivity contribution in [1.82, 2.24) is 0 Å². The molecule has 0 bridgehead atoms. The van der Waals surface area contributed by atoms with Crippen LogP contribution in [-0.2, 0) is 0 Å². The molecule has 2 nitrogen and oxygen atoms in total. The van der Waals surface area contributed by atoms with Crippen molar-refractivity contribution in [3.05, 3.63) is 0 Å². The SMILES string of the molecule is CC1C[C@@H]2C[C@@](C)(O)C[C@]2(O)C1. The molecule has 0 aromatic carbocycles. The molecule has 2 aliphatic carbocycles. The van der Waals surface area contributed by atoms with Gasteiger partial charge in [-0.05, 0) is 38.0 Å². The van der Waals surface area contributed by atoms with Crippen molar-refractivity contribution >= 4 is 0 Å². The molecule has 0 aromatic heterocycles. The van der Waals surface area contributed by atoms with Crippen LogP contribution in [-0.4, -0.2) is 21.4 Å². The Hall–Kier alpha value is -0.0800. The summed E-state index contributed by atoms with van der Waals surface area (Å²) in [4.78, 5) is 0. The first kappa shape index (κ1) is 8.52. The third-order valence-corrected chi connectivity index (χ3v) is 3.52. The van der Waals surface area contributed by atoms with Crippen molar-refractivity contribution in [1.29, 1.82) is 0 Å². The largest absolute Gasteiger partial charge is 0.390 e. The molecular formula is C10H18O2. The predicted molar refractivity (Wildman–Crippen MR) is 46.7 cm³/mol. The number of aliphatic hydroxyl groups is 2. The number of hydrogen-bond acceptors (Lipinski definition) is 2. The summed E-state index contributed by atoms with van der Waals surface area (Å²) in [5, 5.41) is 20.0. The zero-order valence-electron chi connectivity index (χ0n) is 7.88. The molecule has 2 N–H and O–H groups in total. The summed E-state index contributed by atoms with van der Waals surface area (Å²) in [5.74, 6) is 0.985. The molecule has 1 unspecified atom stereocenters. The zero-order chi connectivity index (χ0) is 8.98. The van der Waals surface area contributed by atoms with Crippen molar-refractivity contribution in [2.75, 3.05) is 0 Å². The quantitative estimate of drug-likeness (QED) is 0.575. The lowest BCUT2D eigenvalue weighted by molar-refractivity contribution is -0.00830. The van der Waals surface area contributed by atoms with Gasteiger partial charge in [0.15, 0.2) is 0 Å². The van der Waals surface area contributed by atoms with Crippen LogP contribution in [0.1, 0.15) is 39.5 Å².